The van der Waals surface area contributed by atoms with Gasteiger partial charge in [-0.3, -0.25) is 4.79 Å². The highest BCUT2D eigenvalue weighted by Crippen LogP contribution is 2.12. The van der Waals surface area contributed by atoms with Crippen molar-refractivity contribution in [1.29, 1.82) is 0 Å². The number of ketones is 1. The van der Waals surface area contributed by atoms with Crippen LogP contribution >= 0.6 is 0 Å². The Kier molecular flexibility index (Phi) is 2.78. The molecule has 0 fully saturated rings. The van der Waals surface area contributed by atoms with Gasteiger partial charge < -0.3 is 5.11 Å². The number of aliphatic hydroxyl groups is 1. The molecular formula is C10H11FO2. The average molecular weight is 182 g/mol. The fourth-order valence-corrected chi connectivity index (χ4v) is 1.08. The number of halogens is 1. The van der Waals surface area contributed by atoms with E-state index < -0.39 is 17.7 Å². The molecule has 1 atom stereocenters. The van der Waals surface area contributed by atoms with Gasteiger partial charge in [-0.15, -0.1) is 0 Å². The molecule has 0 aromatic heterocycles. The summed E-state index contributed by atoms with van der Waals surface area (Å²) in [6.45, 7) is 3.07. The van der Waals surface area contributed by atoms with E-state index in [1.54, 1.807) is 6.92 Å². The Bertz CT molecular complexity index is 332. The van der Waals surface area contributed by atoms with Crippen LogP contribution < -0.4 is 0 Å². The number of hydrogen-bond acceptors (Lipinski definition) is 2. The predicted octanol–water partition coefficient (Wildman–Crippen LogP) is 1.70. The molecule has 2 nitrogen and oxygen atoms in total. The molecule has 1 unspecified atom stereocenters. The number of Topliss-reactive ketones (excluding diaryl/α,β-unsaturated/α-hetero) is 1. The van der Waals surface area contributed by atoms with Gasteiger partial charge in [0.05, 0.1) is 0 Å². The fraction of sp³-hybridized carbons (Fsp3) is 0.300. The van der Waals surface area contributed by atoms with Crippen molar-refractivity contribution in [3.8, 4) is 0 Å². The number of carbonyl (C=O) groups excluding carboxylic acids is 1. The topological polar surface area (TPSA) is 37.3 Å². The standard InChI is InChI=1S/C10H11FO2/c1-6-3-4-8(11)5-9(6)10(13)7(2)12/h3-5,7,12H,1-2H3. The van der Waals surface area contributed by atoms with E-state index in [1.807, 2.05) is 0 Å². The lowest BCUT2D eigenvalue weighted by molar-refractivity contribution is 0.0778. The molecule has 1 N–H and O–H groups in total. The third-order valence-corrected chi connectivity index (χ3v) is 1.84. The van der Waals surface area contributed by atoms with Crippen molar-refractivity contribution in [2.24, 2.45) is 0 Å². The molecular weight excluding hydrogens is 171 g/mol. The van der Waals surface area contributed by atoms with Crippen molar-refractivity contribution in [3.63, 3.8) is 0 Å². The monoisotopic (exact) mass is 182 g/mol. The van der Waals surface area contributed by atoms with Gasteiger partial charge in [0, 0.05) is 5.56 Å². The van der Waals surface area contributed by atoms with Gasteiger partial charge in [0.2, 0.25) is 0 Å². The van der Waals surface area contributed by atoms with E-state index in [1.165, 1.54) is 19.1 Å². The van der Waals surface area contributed by atoms with Crippen LogP contribution in [-0.4, -0.2) is 17.0 Å². The lowest BCUT2D eigenvalue weighted by Gasteiger charge is -2.06. The zero-order valence-electron chi connectivity index (χ0n) is 7.54. The minimum absolute atomic E-state index is 0.245. The highest BCUT2D eigenvalue weighted by atomic mass is 19.1. The molecule has 1 aromatic carbocycles. The van der Waals surface area contributed by atoms with E-state index in [9.17, 15) is 9.18 Å². The van der Waals surface area contributed by atoms with Gasteiger partial charge >= 0.3 is 0 Å². The molecule has 0 amide bonds. The molecule has 1 rings (SSSR count). The number of benzene rings is 1. The highest BCUT2D eigenvalue weighted by molar-refractivity contribution is 6.00. The van der Waals surface area contributed by atoms with Crippen LogP contribution in [0.2, 0.25) is 0 Å². The first kappa shape index (κ1) is 9.86. The Balaban J connectivity index is 3.13. The Labute approximate surface area is 76.0 Å². The van der Waals surface area contributed by atoms with E-state index >= 15 is 0 Å². The van der Waals surface area contributed by atoms with Gasteiger partial charge in [0.15, 0.2) is 5.78 Å². The maximum absolute atomic E-state index is 12.7. The second-order valence-electron chi connectivity index (χ2n) is 3.00. The van der Waals surface area contributed by atoms with E-state index in [-0.39, 0.29) is 5.56 Å². The Morgan fingerprint density at radius 2 is 2.15 bits per heavy atom. The molecule has 3 heteroatoms. The first-order chi connectivity index (χ1) is 6.02. The molecule has 0 saturated carbocycles. The molecule has 70 valence electrons. The highest BCUT2D eigenvalue weighted by Gasteiger charge is 2.14. The zero-order chi connectivity index (χ0) is 10.0. The lowest BCUT2D eigenvalue weighted by atomic mass is 10.0. The number of carbonyl (C=O) groups is 1. The molecule has 13 heavy (non-hydrogen) atoms. The first-order valence-electron chi connectivity index (χ1n) is 4.01. The van der Waals surface area contributed by atoms with E-state index in [2.05, 4.69) is 0 Å². The van der Waals surface area contributed by atoms with Crippen LogP contribution in [0.4, 0.5) is 4.39 Å². The fourth-order valence-electron chi connectivity index (χ4n) is 1.08. The van der Waals surface area contributed by atoms with Gasteiger partial charge in [0.25, 0.3) is 0 Å². The maximum atomic E-state index is 12.7. The molecule has 0 saturated heterocycles. The molecule has 0 aliphatic heterocycles. The minimum atomic E-state index is -1.08. The summed E-state index contributed by atoms with van der Waals surface area (Å²) in [7, 11) is 0. The third-order valence-electron chi connectivity index (χ3n) is 1.84. The second kappa shape index (κ2) is 3.66. The maximum Gasteiger partial charge on any atom is 0.191 e. The van der Waals surface area contributed by atoms with Crippen LogP contribution in [-0.2, 0) is 0 Å². The second-order valence-corrected chi connectivity index (χ2v) is 3.00. The van der Waals surface area contributed by atoms with Crippen molar-refractivity contribution >= 4 is 5.78 Å². The molecule has 0 bridgehead atoms. The third kappa shape index (κ3) is 2.12. The molecule has 0 aliphatic carbocycles. The first-order valence-corrected chi connectivity index (χ1v) is 4.01. The van der Waals surface area contributed by atoms with Gasteiger partial charge in [-0.25, -0.2) is 4.39 Å². The summed E-state index contributed by atoms with van der Waals surface area (Å²) in [4.78, 5) is 11.3. The molecule has 0 heterocycles. The summed E-state index contributed by atoms with van der Waals surface area (Å²) in [5, 5.41) is 9.02. The van der Waals surface area contributed by atoms with Gasteiger partial charge in [-0.05, 0) is 31.5 Å². The largest absolute Gasteiger partial charge is 0.385 e. The Morgan fingerprint density at radius 3 is 2.69 bits per heavy atom. The van der Waals surface area contributed by atoms with Crippen molar-refractivity contribution < 1.29 is 14.3 Å². The van der Waals surface area contributed by atoms with Crippen LogP contribution in [0, 0.1) is 12.7 Å². The van der Waals surface area contributed by atoms with E-state index in [0.29, 0.717) is 5.56 Å². The summed E-state index contributed by atoms with van der Waals surface area (Å²) >= 11 is 0. The number of aryl methyl sites for hydroxylation is 1. The van der Waals surface area contributed by atoms with Crippen molar-refractivity contribution in [2.75, 3.05) is 0 Å². The Morgan fingerprint density at radius 1 is 1.54 bits per heavy atom. The Hall–Kier alpha value is -1.22. The number of hydrogen-bond donors (Lipinski definition) is 1. The normalized spacial score (nSPS) is 12.6. The summed E-state index contributed by atoms with van der Waals surface area (Å²) < 4.78 is 12.7. The average Bonchev–Trinajstić information content (AvgIpc) is 2.08. The lowest BCUT2D eigenvalue weighted by Crippen LogP contribution is -2.17. The summed E-state index contributed by atoms with van der Waals surface area (Å²) in [5.74, 6) is -0.911. The van der Waals surface area contributed by atoms with Gasteiger partial charge in [-0.2, -0.15) is 0 Å². The van der Waals surface area contributed by atoms with Crippen LogP contribution in [0.3, 0.4) is 0 Å². The quantitative estimate of drug-likeness (QED) is 0.707. The molecule has 0 aliphatic rings. The van der Waals surface area contributed by atoms with E-state index in [4.69, 9.17) is 5.11 Å². The van der Waals surface area contributed by atoms with Gasteiger partial charge in [-0.1, -0.05) is 6.07 Å². The predicted molar refractivity (Wildman–Crippen MR) is 47.1 cm³/mol. The van der Waals surface area contributed by atoms with Crippen LogP contribution in [0.5, 0.6) is 0 Å². The van der Waals surface area contributed by atoms with Crippen LogP contribution in [0.15, 0.2) is 18.2 Å². The van der Waals surface area contributed by atoms with Crippen molar-refractivity contribution in [1.82, 2.24) is 0 Å². The summed E-state index contributed by atoms with van der Waals surface area (Å²) in [6, 6.07) is 3.95. The van der Waals surface area contributed by atoms with Crippen molar-refractivity contribution in [2.45, 2.75) is 20.0 Å². The molecule has 0 spiro atoms. The van der Waals surface area contributed by atoms with Crippen LogP contribution in [0.1, 0.15) is 22.8 Å². The molecule has 1 aromatic rings. The van der Waals surface area contributed by atoms with Crippen LogP contribution in [0.25, 0.3) is 0 Å². The molecule has 0 radical (unpaired) electrons. The zero-order valence-corrected chi connectivity index (χ0v) is 7.54. The summed E-state index contributed by atoms with van der Waals surface area (Å²) in [5.41, 5.74) is 0.919. The summed E-state index contributed by atoms with van der Waals surface area (Å²) in [6.07, 6.45) is -1.08. The van der Waals surface area contributed by atoms with Gasteiger partial charge in [0.1, 0.15) is 11.9 Å². The smallest absolute Gasteiger partial charge is 0.191 e. The number of rotatable bonds is 2. The number of aliphatic hydroxyl groups excluding tert-OH is 1. The minimum Gasteiger partial charge on any atom is -0.385 e. The SMILES string of the molecule is Cc1ccc(F)cc1C(=O)C(C)O. The van der Waals surface area contributed by atoms with E-state index in [0.717, 1.165) is 6.07 Å². The van der Waals surface area contributed by atoms with Crippen molar-refractivity contribution in [3.05, 3.63) is 35.1 Å².